The standard InChI is InChI=1S/C14H18Cl2N2S/c1-4-10(8-19-3)18-13-11(16)6-5-7-12(13)17-14(18)9(2)15/h5-7,9-10H,4,8H2,1-3H3. The zero-order chi connectivity index (χ0) is 14.0. The lowest BCUT2D eigenvalue weighted by atomic mass is 10.2. The van der Waals surface area contributed by atoms with Crippen LogP contribution in [0.2, 0.25) is 5.02 Å². The van der Waals surface area contributed by atoms with Gasteiger partial charge in [0.1, 0.15) is 5.82 Å². The van der Waals surface area contributed by atoms with Crippen molar-refractivity contribution in [2.45, 2.75) is 31.7 Å². The molecular formula is C14H18Cl2N2S. The molecule has 0 aliphatic rings. The summed E-state index contributed by atoms with van der Waals surface area (Å²) in [6.07, 6.45) is 3.15. The highest BCUT2D eigenvalue weighted by Crippen LogP contribution is 2.33. The van der Waals surface area contributed by atoms with E-state index in [0.717, 1.165) is 34.1 Å². The second-order valence-corrected chi connectivity index (χ2v) is 6.55. The Morgan fingerprint density at radius 3 is 2.74 bits per heavy atom. The van der Waals surface area contributed by atoms with Crippen molar-refractivity contribution in [2.75, 3.05) is 12.0 Å². The number of hydrogen-bond donors (Lipinski definition) is 0. The molecule has 5 heteroatoms. The minimum Gasteiger partial charge on any atom is -0.322 e. The van der Waals surface area contributed by atoms with Gasteiger partial charge in [-0.2, -0.15) is 11.8 Å². The summed E-state index contributed by atoms with van der Waals surface area (Å²) < 4.78 is 2.23. The maximum absolute atomic E-state index is 6.37. The predicted molar refractivity (Wildman–Crippen MR) is 86.7 cm³/mol. The molecule has 2 nitrogen and oxygen atoms in total. The van der Waals surface area contributed by atoms with Gasteiger partial charge in [0, 0.05) is 11.8 Å². The topological polar surface area (TPSA) is 17.8 Å². The first-order valence-electron chi connectivity index (χ1n) is 6.39. The Labute approximate surface area is 128 Å². The molecule has 0 spiro atoms. The molecule has 0 aliphatic carbocycles. The van der Waals surface area contributed by atoms with Gasteiger partial charge in [-0.15, -0.1) is 11.6 Å². The van der Waals surface area contributed by atoms with Crippen molar-refractivity contribution in [2.24, 2.45) is 0 Å². The van der Waals surface area contributed by atoms with Gasteiger partial charge in [0.2, 0.25) is 0 Å². The van der Waals surface area contributed by atoms with Crippen molar-refractivity contribution in [1.29, 1.82) is 0 Å². The first-order valence-corrected chi connectivity index (χ1v) is 8.60. The van der Waals surface area contributed by atoms with Gasteiger partial charge in [-0.3, -0.25) is 0 Å². The van der Waals surface area contributed by atoms with Crippen molar-refractivity contribution in [1.82, 2.24) is 9.55 Å². The van der Waals surface area contributed by atoms with Gasteiger partial charge in [0.25, 0.3) is 0 Å². The van der Waals surface area contributed by atoms with Crippen LogP contribution in [0.25, 0.3) is 11.0 Å². The smallest absolute Gasteiger partial charge is 0.128 e. The Hall–Kier alpha value is -0.380. The first kappa shape index (κ1) is 15.0. The Kier molecular flexibility index (Phi) is 5.04. The molecule has 1 heterocycles. The van der Waals surface area contributed by atoms with E-state index in [0.29, 0.717) is 6.04 Å². The maximum atomic E-state index is 6.37. The second-order valence-electron chi connectivity index (χ2n) is 4.58. The molecule has 0 N–H and O–H groups in total. The molecule has 0 amide bonds. The van der Waals surface area contributed by atoms with E-state index in [2.05, 4.69) is 22.7 Å². The average molecular weight is 317 g/mol. The number of fused-ring (bicyclic) bond motifs is 1. The number of nitrogens with zero attached hydrogens (tertiary/aromatic N) is 2. The Morgan fingerprint density at radius 2 is 2.16 bits per heavy atom. The minimum absolute atomic E-state index is 0.126. The quantitative estimate of drug-likeness (QED) is 0.696. The molecule has 0 aliphatic heterocycles. The summed E-state index contributed by atoms with van der Waals surface area (Å²) in [4.78, 5) is 4.66. The van der Waals surface area contributed by atoms with Crippen LogP contribution in [0.4, 0.5) is 0 Å². The lowest BCUT2D eigenvalue weighted by Gasteiger charge is -2.20. The number of thioether (sulfide) groups is 1. The van der Waals surface area contributed by atoms with Gasteiger partial charge < -0.3 is 4.57 Å². The van der Waals surface area contributed by atoms with E-state index in [9.17, 15) is 0 Å². The van der Waals surface area contributed by atoms with Crippen molar-refractivity contribution in [3.8, 4) is 0 Å². The van der Waals surface area contributed by atoms with Crippen LogP contribution in [-0.2, 0) is 0 Å². The number of para-hydroxylation sites is 1. The van der Waals surface area contributed by atoms with Crippen LogP contribution in [0.5, 0.6) is 0 Å². The molecule has 0 radical (unpaired) electrons. The summed E-state index contributed by atoms with van der Waals surface area (Å²) in [7, 11) is 0. The van der Waals surface area contributed by atoms with Crippen molar-refractivity contribution in [3.63, 3.8) is 0 Å². The largest absolute Gasteiger partial charge is 0.322 e. The zero-order valence-electron chi connectivity index (χ0n) is 11.4. The summed E-state index contributed by atoms with van der Waals surface area (Å²) in [5.74, 6) is 1.94. The third-order valence-corrected chi connectivity index (χ3v) is 4.46. The lowest BCUT2D eigenvalue weighted by Crippen LogP contribution is -2.14. The van der Waals surface area contributed by atoms with Crippen LogP contribution in [0.1, 0.15) is 37.5 Å². The molecule has 0 bridgehead atoms. The van der Waals surface area contributed by atoms with E-state index in [1.165, 1.54) is 0 Å². The summed E-state index contributed by atoms with van der Waals surface area (Å²) in [5, 5.41) is 0.618. The van der Waals surface area contributed by atoms with Gasteiger partial charge in [-0.05, 0) is 31.7 Å². The van der Waals surface area contributed by atoms with Crippen LogP contribution < -0.4 is 0 Å². The van der Waals surface area contributed by atoms with E-state index in [1.807, 2.05) is 36.9 Å². The average Bonchev–Trinajstić information content (AvgIpc) is 2.77. The number of halogens is 2. The third kappa shape index (κ3) is 2.88. The van der Waals surface area contributed by atoms with E-state index < -0.39 is 0 Å². The molecule has 1 aromatic carbocycles. The molecule has 1 aromatic heterocycles. The van der Waals surface area contributed by atoms with Crippen molar-refractivity contribution >= 4 is 46.0 Å². The predicted octanol–water partition coefficient (Wildman–Crippen LogP) is 5.30. The maximum Gasteiger partial charge on any atom is 0.128 e. The number of hydrogen-bond acceptors (Lipinski definition) is 2. The Morgan fingerprint density at radius 1 is 1.42 bits per heavy atom. The number of imidazole rings is 1. The highest BCUT2D eigenvalue weighted by molar-refractivity contribution is 7.98. The molecule has 2 unspecified atom stereocenters. The van der Waals surface area contributed by atoms with Gasteiger partial charge in [-0.25, -0.2) is 4.98 Å². The van der Waals surface area contributed by atoms with Crippen molar-refractivity contribution < 1.29 is 0 Å². The lowest BCUT2D eigenvalue weighted by molar-refractivity contribution is 0.530. The molecule has 2 rings (SSSR count). The van der Waals surface area contributed by atoms with E-state index in [4.69, 9.17) is 23.2 Å². The number of rotatable bonds is 5. The van der Waals surface area contributed by atoms with Gasteiger partial charge in [-0.1, -0.05) is 24.6 Å². The fraction of sp³-hybridized carbons (Fsp3) is 0.500. The SMILES string of the molecule is CCC(CSC)n1c(C(C)Cl)nc2cccc(Cl)c21. The molecule has 19 heavy (non-hydrogen) atoms. The second kappa shape index (κ2) is 6.38. The zero-order valence-corrected chi connectivity index (χ0v) is 13.7. The molecule has 0 saturated heterocycles. The van der Waals surface area contributed by atoms with Gasteiger partial charge >= 0.3 is 0 Å². The number of aromatic nitrogens is 2. The molecule has 2 atom stereocenters. The van der Waals surface area contributed by atoms with Crippen molar-refractivity contribution in [3.05, 3.63) is 29.0 Å². The van der Waals surface area contributed by atoms with Gasteiger partial charge in [0.15, 0.2) is 0 Å². The van der Waals surface area contributed by atoms with Crippen LogP contribution in [0.15, 0.2) is 18.2 Å². The third-order valence-electron chi connectivity index (χ3n) is 3.24. The fourth-order valence-corrected chi connectivity index (χ4v) is 3.53. The fourth-order valence-electron chi connectivity index (χ4n) is 2.34. The Balaban J connectivity index is 2.69. The molecule has 104 valence electrons. The summed E-state index contributed by atoms with van der Waals surface area (Å²) >= 11 is 14.5. The summed E-state index contributed by atoms with van der Waals surface area (Å²) in [6.45, 7) is 4.14. The highest BCUT2D eigenvalue weighted by Gasteiger charge is 2.21. The van der Waals surface area contributed by atoms with E-state index in [1.54, 1.807) is 0 Å². The number of benzene rings is 1. The van der Waals surface area contributed by atoms with E-state index >= 15 is 0 Å². The molecule has 0 fully saturated rings. The molecular weight excluding hydrogens is 299 g/mol. The van der Waals surface area contributed by atoms with Crippen LogP contribution in [-0.4, -0.2) is 21.6 Å². The molecule has 2 aromatic rings. The number of alkyl halides is 1. The van der Waals surface area contributed by atoms with E-state index in [-0.39, 0.29) is 5.38 Å². The summed E-state index contributed by atoms with van der Waals surface area (Å²) in [6, 6.07) is 6.21. The Bertz CT molecular complexity index is 566. The summed E-state index contributed by atoms with van der Waals surface area (Å²) in [5.41, 5.74) is 1.93. The highest BCUT2D eigenvalue weighted by atomic mass is 35.5. The molecule has 0 saturated carbocycles. The first-order chi connectivity index (χ1) is 9.10. The minimum atomic E-state index is -0.126. The van der Waals surface area contributed by atoms with Crippen LogP contribution in [0.3, 0.4) is 0 Å². The van der Waals surface area contributed by atoms with Gasteiger partial charge in [0.05, 0.1) is 21.4 Å². The van der Waals surface area contributed by atoms with Crippen LogP contribution >= 0.6 is 35.0 Å². The van der Waals surface area contributed by atoms with Crippen LogP contribution in [0, 0.1) is 0 Å². The monoisotopic (exact) mass is 316 g/mol. The normalized spacial score (nSPS) is 14.8.